The maximum absolute atomic E-state index is 14.9. The molecule has 0 bridgehead atoms. The van der Waals surface area contributed by atoms with Gasteiger partial charge in [0.25, 0.3) is 5.91 Å². The van der Waals surface area contributed by atoms with Gasteiger partial charge in [-0.25, -0.2) is 4.72 Å². The standard InChI is InChI=1S/C36H46N4O5S/c1-6-25-14-12-22(2)40(25)35(42)36-20-30(36)29-19-26(45-5)15-17-27(29)33-32(23-10-8-7-9-11-23)28-16-13-24(18-31(28)39(33)21-36)34(41)37-46(43,44)38(3)4/h13,15-19,22-23,25,30H,6-12,14,20-21H2,1-5H3,(H,37,41). The van der Waals surface area contributed by atoms with E-state index in [0.29, 0.717) is 12.5 Å². The first kappa shape index (κ1) is 31.2. The molecular weight excluding hydrogens is 600 g/mol. The van der Waals surface area contributed by atoms with E-state index >= 15 is 0 Å². The Morgan fingerprint density at radius 3 is 2.50 bits per heavy atom. The van der Waals surface area contributed by atoms with E-state index in [2.05, 4.69) is 40.2 Å². The largest absolute Gasteiger partial charge is 0.497 e. The zero-order chi connectivity index (χ0) is 32.5. The minimum absolute atomic E-state index is 0.0706. The number of carbonyl (C=O) groups is 2. The van der Waals surface area contributed by atoms with Crippen LogP contribution < -0.4 is 9.46 Å². The number of likely N-dealkylation sites (tertiary alicyclic amines) is 1. The molecule has 1 aromatic heterocycles. The average molecular weight is 647 g/mol. The highest BCUT2D eigenvalue weighted by molar-refractivity contribution is 7.87. The van der Waals surface area contributed by atoms with Crippen LogP contribution in [0.2, 0.25) is 0 Å². The Bertz CT molecular complexity index is 1830. The summed E-state index contributed by atoms with van der Waals surface area (Å²) in [7, 11) is 0.509. The van der Waals surface area contributed by atoms with Crippen LogP contribution in [0.15, 0.2) is 36.4 Å². The summed E-state index contributed by atoms with van der Waals surface area (Å²) in [5, 5.41) is 1.08. The number of hydrogen-bond acceptors (Lipinski definition) is 5. The smallest absolute Gasteiger partial charge is 0.303 e. The van der Waals surface area contributed by atoms with Crippen LogP contribution in [0.1, 0.15) is 105 Å². The van der Waals surface area contributed by atoms with Gasteiger partial charge in [-0.05, 0) is 92.8 Å². The molecule has 3 fully saturated rings. The van der Waals surface area contributed by atoms with E-state index in [1.165, 1.54) is 44.5 Å². The van der Waals surface area contributed by atoms with Gasteiger partial charge in [-0.3, -0.25) is 9.59 Å². The van der Waals surface area contributed by atoms with Crippen molar-refractivity contribution in [1.29, 1.82) is 0 Å². The fourth-order valence-electron chi connectivity index (χ4n) is 8.79. The van der Waals surface area contributed by atoms with Crippen molar-refractivity contribution < 1.29 is 22.7 Å². The number of nitrogens with one attached hydrogen (secondary N) is 1. The van der Waals surface area contributed by atoms with Crippen LogP contribution in [0, 0.1) is 5.41 Å². The van der Waals surface area contributed by atoms with Crippen LogP contribution in [0.4, 0.5) is 0 Å². The van der Waals surface area contributed by atoms with Crippen LogP contribution in [0.25, 0.3) is 22.2 Å². The quantitative estimate of drug-likeness (QED) is 0.331. The predicted octanol–water partition coefficient (Wildman–Crippen LogP) is 6.18. The number of methoxy groups -OCH3 is 1. The highest BCUT2D eigenvalue weighted by Gasteiger charge is 2.65. The van der Waals surface area contributed by atoms with Gasteiger partial charge >= 0.3 is 10.2 Å². The van der Waals surface area contributed by atoms with Crippen molar-refractivity contribution in [3.8, 4) is 17.0 Å². The number of rotatable bonds is 7. The molecule has 10 heteroatoms. The van der Waals surface area contributed by atoms with Crippen LogP contribution in [-0.2, 0) is 21.5 Å². The molecule has 1 saturated heterocycles. The minimum Gasteiger partial charge on any atom is -0.497 e. The first-order chi connectivity index (χ1) is 22.0. The molecular formula is C36H46N4O5S. The average Bonchev–Trinajstić information content (AvgIpc) is 3.57. The number of fused-ring (bicyclic) bond motifs is 7. The molecule has 2 aliphatic carbocycles. The lowest BCUT2D eigenvalue weighted by atomic mass is 9.81. The molecule has 2 saturated carbocycles. The van der Waals surface area contributed by atoms with Crippen molar-refractivity contribution in [2.45, 2.75) is 102 Å². The third-order valence-electron chi connectivity index (χ3n) is 11.4. The van der Waals surface area contributed by atoms with Gasteiger partial charge < -0.3 is 14.2 Å². The molecule has 1 N–H and O–H groups in total. The van der Waals surface area contributed by atoms with Gasteiger partial charge in [-0.15, -0.1) is 0 Å². The third kappa shape index (κ3) is 4.86. The fourth-order valence-corrected chi connectivity index (χ4v) is 9.32. The van der Waals surface area contributed by atoms with Gasteiger partial charge in [0.15, 0.2) is 0 Å². The zero-order valence-electron chi connectivity index (χ0n) is 27.6. The molecule has 246 valence electrons. The molecule has 9 nitrogen and oxygen atoms in total. The van der Waals surface area contributed by atoms with Gasteiger partial charge in [0.1, 0.15) is 5.75 Å². The van der Waals surface area contributed by atoms with Crippen LogP contribution >= 0.6 is 0 Å². The Hall–Kier alpha value is -3.37. The Morgan fingerprint density at radius 2 is 1.80 bits per heavy atom. The van der Waals surface area contributed by atoms with E-state index in [1.54, 1.807) is 13.2 Å². The summed E-state index contributed by atoms with van der Waals surface area (Å²) < 4.78 is 36.4. The van der Waals surface area contributed by atoms with Crippen molar-refractivity contribution in [1.82, 2.24) is 18.5 Å². The molecule has 3 heterocycles. The summed E-state index contributed by atoms with van der Waals surface area (Å²) in [4.78, 5) is 30.4. The van der Waals surface area contributed by atoms with Crippen molar-refractivity contribution in [2.24, 2.45) is 5.41 Å². The molecule has 4 aliphatic rings. The number of amides is 2. The van der Waals surface area contributed by atoms with Crippen molar-refractivity contribution in [2.75, 3.05) is 21.2 Å². The molecule has 7 rings (SSSR count). The third-order valence-corrected chi connectivity index (χ3v) is 12.8. The highest BCUT2D eigenvalue weighted by atomic mass is 32.2. The topological polar surface area (TPSA) is 101 Å². The zero-order valence-corrected chi connectivity index (χ0v) is 28.5. The van der Waals surface area contributed by atoms with E-state index in [0.717, 1.165) is 70.7 Å². The van der Waals surface area contributed by atoms with E-state index in [4.69, 9.17) is 4.74 Å². The molecule has 4 atom stereocenters. The Balaban J connectivity index is 1.45. The number of nitrogens with zero attached hydrogens (tertiary/aromatic N) is 3. The molecule has 0 spiro atoms. The monoisotopic (exact) mass is 646 g/mol. The van der Waals surface area contributed by atoms with E-state index < -0.39 is 21.5 Å². The molecule has 46 heavy (non-hydrogen) atoms. The lowest BCUT2D eigenvalue weighted by Crippen LogP contribution is -2.45. The van der Waals surface area contributed by atoms with Gasteiger partial charge in [0.2, 0.25) is 5.91 Å². The summed E-state index contributed by atoms with van der Waals surface area (Å²) in [6.07, 6.45) is 9.53. The Morgan fingerprint density at radius 1 is 1.04 bits per heavy atom. The fraction of sp³-hybridized carbons (Fsp3) is 0.556. The second-order valence-electron chi connectivity index (χ2n) is 14.2. The Labute approximate surface area is 272 Å². The summed E-state index contributed by atoms with van der Waals surface area (Å²) in [6.45, 7) is 4.88. The summed E-state index contributed by atoms with van der Waals surface area (Å²) in [5.74, 6) is 0.790. The Kier molecular flexibility index (Phi) is 7.74. The van der Waals surface area contributed by atoms with Crippen LogP contribution in [0.5, 0.6) is 5.75 Å². The van der Waals surface area contributed by atoms with Crippen molar-refractivity contribution in [3.63, 3.8) is 0 Å². The lowest BCUT2D eigenvalue weighted by molar-refractivity contribution is -0.140. The predicted molar refractivity (Wildman–Crippen MR) is 179 cm³/mol. The first-order valence-corrected chi connectivity index (χ1v) is 18.4. The summed E-state index contributed by atoms with van der Waals surface area (Å²) >= 11 is 0. The lowest BCUT2D eigenvalue weighted by Gasteiger charge is -2.33. The normalized spacial score (nSPS) is 26.0. The maximum Gasteiger partial charge on any atom is 0.303 e. The number of aromatic nitrogens is 1. The number of carbonyl (C=O) groups excluding carboxylic acids is 2. The highest BCUT2D eigenvalue weighted by Crippen LogP contribution is 2.66. The van der Waals surface area contributed by atoms with Crippen molar-refractivity contribution >= 4 is 32.9 Å². The van der Waals surface area contributed by atoms with E-state index in [9.17, 15) is 18.0 Å². The molecule has 3 aromatic rings. The minimum atomic E-state index is -3.96. The van der Waals surface area contributed by atoms with E-state index in [-0.39, 0.29) is 29.5 Å². The number of hydrogen-bond donors (Lipinski definition) is 1. The molecule has 2 aromatic carbocycles. The molecule has 4 unspecified atom stereocenters. The first-order valence-electron chi connectivity index (χ1n) is 16.9. The number of benzene rings is 2. The number of ether oxygens (including phenoxy) is 1. The van der Waals surface area contributed by atoms with Gasteiger partial charge in [-0.1, -0.05) is 32.3 Å². The van der Waals surface area contributed by atoms with E-state index in [1.807, 2.05) is 18.2 Å². The second-order valence-corrected chi connectivity index (χ2v) is 16.1. The summed E-state index contributed by atoms with van der Waals surface area (Å²) in [6, 6.07) is 12.3. The second kappa shape index (κ2) is 11.4. The van der Waals surface area contributed by atoms with Gasteiger partial charge in [-0.2, -0.15) is 12.7 Å². The molecule has 0 radical (unpaired) electrons. The van der Waals surface area contributed by atoms with Gasteiger partial charge in [0.05, 0.1) is 18.2 Å². The SMILES string of the molecule is CCC1CCC(C)N1C(=O)C12CC1c1cc(OC)ccc1-c1c(C3CCCCC3)c3ccc(C(=O)NS(=O)(=O)N(C)C)cc3n1C2. The molecule has 2 aliphatic heterocycles. The maximum atomic E-state index is 14.9. The van der Waals surface area contributed by atoms with Crippen LogP contribution in [-0.4, -0.2) is 67.3 Å². The molecule has 2 amide bonds. The van der Waals surface area contributed by atoms with Gasteiger partial charge in [0, 0.05) is 60.7 Å². The van der Waals surface area contributed by atoms with Crippen LogP contribution in [0.3, 0.4) is 0 Å². The van der Waals surface area contributed by atoms with Crippen molar-refractivity contribution in [3.05, 3.63) is 53.1 Å². The summed E-state index contributed by atoms with van der Waals surface area (Å²) in [5.41, 5.74) is 5.30.